The van der Waals surface area contributed by atoms with E-state index in [1.165, 1.54) is 24.1 Å². The quantitative estimate of drug-likeness (QED) is 0.921. The van der Waals surface area contributed by atoms with Gasteiger partial charge in [-0.15, -0.1) is 11.3 Å². The number of carbonyl (C=O) groups is 1. The molecule has 0 aromatic carbocycles. The second kappa shape index (κ2) is 5.25. The van der Waals surface area contributed by atoms with E-state index in [1.54, 1.807) is 7.05 Å². The van der Waals surface area contributed by atoms with Gasteiger partial charge in [0.25, 0.3) is 0 Å². The Labute approximate surface area is 119 Å². The lowest BCUT2D eigenvalue weighted by Gasteiger charge is -2.30. The first-order chi connectivity index (χ1) is 9.23. The van der Waals surface area contributed by atoms with Crippen molar-refractivity contribution < 1.29 is 4.79 Å². The van der Waals surface area contributed by atoms with Crippen molar-refractivity contribution in [2.75, 3.05) is 20.1 Å². The highest BCUT2D eigenvalue weighted by molar-refractivity contribution is 7.09. The van der Waals surface area contributed by atoms with Crippen LogP contribution >= 0.6 is 11.3 Å². The minimum absolute atomic E-state index is 0.242. The maximum absolute atomic E-state index is 12.1. The van der Waals surface area contributed by atoms with Crippen molar-refractivity contribution >= 4 is 17.2 Å². The molecule has 1 N–H and O–H groups in total. The molecule has 0 bridgehead atoms. The largest absolute Gasteiger partial charge is 0.359 e. The third-order valence-electron chi connectivity index (χ3n) is 4.89. The summed E-state index contributed by atoms with van der Waals surface area (Å²) in [6.45, 7) is 3.30. The van der Waals surface area contributed by atoms with Crippen LogP contribution in [0.4, 0.5) is 0 Å². The van der Waals surface area contributed by atoms with E-state index in [0.717, 1.165) is 26.1 Å². The average Bonchev–Trinajstić information content (AvgIpc) is 3.13. The van der Waals surface area contributed by atoms with Crippen LogP contribution in [0.2, 0.25) is 0 Å². The normalized spacial score (nSPS) is 31.1. The zero-order valence-electron chi connectivity index (χ0n) is 11.5. The summed E-state index contributed by atoms with van der Waals surface area (Å²) in [6, 6.07) is 4.33. The molecule has 1 amide bonds. The summed E-state index contributed by atoms with van der Waals surface area (Å²) in [5.41, 5.74) is 0.261. The molecular formula is C15H22N2OS. The van der Waals surface area contributed by atoms with Gasteiger partial charge in [0.15, 0.2) is 0 Å². The van der Waals surface area contributed by atoms with Gasteiger partial charge < -0.3 is 5.32 Å². The van der Waals surface area contributed by atoms with Crippen LogP contribution in [0.3, 0.4) is 0 Å². The van der Waals surface area contributed by atoms with Crippen molar-refractivity contribution in [3.63, 3.8) is 0 Å². The highest BCUT2D eigenvalue weighted by Gasteiger charge is 2.49. The van der Waals surface area contributed by atoms with E-state index in [0.29, 0.717) is 0 Å². The Balaban J connectivity index is 1.68. The van der Waals surface area contributed by atoms with Crippen molar-refractivity contribution in [3.8, 4) is 0 Å². The SMILES string of the molecule is CNC(=O)[C@@H]1CCC[C@@]12CCN(Cc1cccs1)C2. The van der Waals surface area contributed by atoms with Gasteiger partial charge in [0, 0.05) is 30.9 Å². The molecule has 2 aliphatic rings. The predicted molar refractivity (Wildman–Crippen MR) is 78.1 cm³/mol. The van der Waals surface area contributed by atoms with Crippen LogP contribution in [-0.2, 0) is 11.3 Å². The molecule has 1 saturated carbocycles. The monoisotopic (exact) mass is 278 g/mol. The molecule has 1 aromatic heterocycles. The van der Waals surface area contributed by atoms with E-state index in [4.69, 9.17) is 0 Å². The average molecular weight is 278 g/mol. The molecule has 2 atom stereocenters. The first-order valence-corrected chi connectivity index (χ1v) is 8.08. The fourth-order valence-corrected chi connectivity index (χ4v) is 4.70. The minimum atomic E-state index is 0.242. The van der Waals surface area contributed by atoms with Gasteiger partial charge in [0.1, 0.15) is 0 Å². The number of hydrogen-bond donors (Lipinski definition) is 1. The summed E-state index contributed by atoms with van der Waals surface area (Å²) in [7, 11) is 1.77. The Kier molecular flexibility index (Phi) is 3.63. The molecule has 19 heavy (non-hydrogen) atoms. The highest BCUT2D eigenvalue weighted by atomic mass is 32.1. The molecule has 0 unspecified atom stereocenters. The number of hydrogen-bond acceptors (Lipinski definition) is 3. The van der Waals surface area contributed by atoms with Crippen LogP contribution in [0.25, 0.3) is 0 Å². The van der Waals surface area contributed by atoms with Crippen LogP contribution < -0.4 is 5.32 Å². The molecule has 4 heteroatoms. The maximum atomic E-state index is 12.1. The first kappa shape index (κ1) is 13.1. The van der Waals surface area contributed by atoms with Crippen molar-refractivity contribution in [2.24, 2.45) is 11.3 Å². The first-order valence-electron chi connectivity index (χ1n) is 7.20. The Bertz CT molecular complexity index is 445. The van der Waals surface area contributed by atoms with Crippen molar-refractivity contribution in [1.82, 2.24) is 10.2 Å². The molecule has 3 nitrogen and oxygen atoms in total. The number of rotatable bonds is 3. The molecule has 0 radical (unpaired) electrons. The molecule has 1 aliphatic heterocycles. The lowest BCUT2D eigenvalue weighted by molar-refractivity contribution is -0.127. The Morgan fingerprint density at radius 2 is 2.47 bits per heavy atom. The van der Waals surface area contributed by atoms with Gasteiger partial charge in [0.2, 0.25) is 5.91 Å². The smallest absolute Gasteiger partial charge is 0.223 e. The van der Waals surface area contributed by atoms with Gasteiger partial charge in [-0.2, -0.15) is 0 Å². The molecule has 1 aromatic rings. The number of likely N-dealkylation sites (tertiary alicyclic amines) is 1. The maximum Gasteiger partial charge on any atom is 0.223 e. The van der Waals surface area contributed by atoms with E-state index in [-0.39, 0.29) is 17.2 Å². The Morgan fingerprint density at radius 3 is 3.21 bits per heavy atom. The molecule has 3 rings (SSSR count). The summed E-state index contributed by atoms with van der Waals surface area (Å²) in [5, 5.41) is 5.01. The lowest BCUT2D eigenvalue weighted by Crippen LogP contribution is -2.39. The third kappa shape index (κ3) is 2.43. The molecule has 104 valence electrons. The third-order valence-corrected chi connectivity index (χ3v) is 5.75. The summed E-state index contributed by atoms with van der Waals surface area (Å²) in [5.74, 6) is 0.501. The van der Waals surface area contributed by atoms with E-state index in [1.807, 2.05) is 11.3 Å². The highest BCUT2D eigenvalue weighted by Crippen LogP contribution is 2.50. The summed E-state index contributed by atoms with van der Waals surface area (Å²) < 4.78 is 0. The van der Waals surface area contributed by atoms with Crippen molar-refractivity contribution in [1.29, 1.82) is 0 Å². The van der Waals surface area contributed by atoms with Crippen LogP contribution in [0.1, 0.15) is 30.6 Å². The second-order valence-electron chi connectivity index (χ2n) is 5.96. The van der Waals surface area contributed by atoms with Gasteiger partial charge in [-0.1, -0.05) is 12.5 Å². The fourth-order valence-electron chi connectivity index (χ4n) is 3.95. The zero-order valence-corrected chi connectivity index (χ0v) is 12.3. The predicted octanol–water partition coefficient (Wildman–Crippen LogP) is 2.49. The number of carbonyl (C=O) groups excluding carboxylic acids is 1. The number of nitrogens with zero attached hydrogens (tertiary/aromatic N) is 1. The summed E-state index contributed by atoms with van der Waals surface area (Å²) in [4.78, 5) is 16.0. The minimum Gasteiger partial charge on any atom is -0.359 e. The fraction of sp³-hybridized carbons (Fsp3) is 0.667. The standard InChI is InChI=1S/C15H22N2OS/c1-16-14(18)13-5-2-6-15(13)7-8-17(11-15)10-12-4-3-9-19-12/h3-4,9,13H,2,5-8,10-11H2,1H3,(H,16,18)/t13-,15-/m0/s1. The van der Waals surface area contributed by atoms with E-state index in [9.17, 15) is 4.79 Å². The van der Waals surface area contributed by atoms with Crippen LogP contribution in [0, 0.1) is 11.3 Å². The number of amides is 1. The number of nitrogens with one attached hydrogen (secondary N) is 1. The van der Waals surface area contributed by atoms with Crippen LogP contribution in [0.5, 0.6) is 0 Å². The van der Waals surface area contributed by atoms with Crippen LogP contribution in [-0.4, -0.2) is 30.9 Å². The molecule has 2 fully saturated rings. The molecule has 1 saturated heterocycles. The van der Waals surface area contributed by atoms with Gasteiger partial charge in [-0.05, 0) is 42.7 Å². The molecule has 1 aliphatic carbocycles. The summed E-state index contributed by atoms with van der Waals surface area (Å²) in [6.07, 6.45) is 4.71. The van der Waals surface area contributed by atoms with Gasteiger partial charge in [-0.3, -0.25) is 9.69 Å². The van der Waals surface area contributed by atoms with E-state index in [2.05, 4.69) is 27.7 Å². The van der Waals surface area contributed by atoms with E-state index < -0.39 is 0 Å². The van der Waals surface area contributed by atoms with Crippen LogP contribution in [0.15, 0.2) is 17.5 Å². The van der Waals surface area contributed by atoms with Gasteiger partial charge in [0.05, 0.1) is 0 Å². The lowest BCUT2D eigenvalue weighted by atomic mass is 9.76. The molecule has 2 heterocycles. The van der Waals surface area contributed by atoms with Crippen molar-refractivity contribution in [2.45, 2.75) is 32.2 Å². The van der Waals surface area contributed by atoms with E-state index >= 15 is 0 Å². The van der Waals surface area contributed by atoms with Gasteiger partial charge >= 0.3 is 0 Å². The van der Waals surface area contributed by atoms with Gasteiger partial charge in [-0.25, -0.2) is 0 Å². The Morgan fingerprint density at radius 1 is 1.58 bits per heavy atom. The second-order valence-corrected chi connectivity index (χ2v) is 6.99. The zero-order chi connectivity index (χ0) is 13.3. The Hall–Kier alpha value is -0.870. The van der Waals surface area contributed by atoms with Crippen molar-refractivity contribution in [3.05, 3.63) is 22.4 Å². The number of thiophene rings is 1. The topological polar surface area (TPSA) is 32.3 Å². The molecule has 1 spiro atoms. The summed E-state index contributed by atoms with van der Waals surface area (Å²) >= 11 is 1.83. The molecular weight excluding hydrogens is 256 g/mol.